The molecule has 1 aromatic heterocycles. The molecule has 27 heavy (non-hydrogen) atoms. The lowest BCUT2D eigenvalue weighted by molar-refractivity contribution is 0.0985. The maximum Gasteiger partial charge on any atom is 0.259 e. The van der Waals surface area contributed by atoms with E-state index in [4.69, 9.17) is 11.6 Å². The summed E-state index contributed by atoms with van der Waals surface area (Å²) in [5.41, 5.74) is 3.96. The molecular formula is C22H20ClN3O. The van der Waals surface area contributed by atoms with Gasteiger partial charge in [0, 0.05) is 30.0 Å². The molecule has 2 heterocycles. The van der Waals surface area contributed by atoms with Crippen LogP contribution in [0.25, 0.3) is 0 Å². The highest BCUT2D eigenvalue weighted by molar-refractivity contribution is 6.30. The summed E-state index contributed by atoms with van der Waals surface area (Å²) in [6.07, 6.45) is 3.65. The summed E-state index contributed by atoms with van der Waals surface area (Å²) in [4.78, 5) is 19.2. The molecule has 2 aromatic carbocycles. The highest BCUT2D eigenvalue weighted by Crippen LogP contribution is 2.28. The number of rotatable bonds is 4. The fourth-order valence-corrected chi connectivity index (χ4v) is 3.45. The molecule has 0 atom stereocenters. The van der Waals surface area contributed by atoms with Crippen LogP contribution in [-0.2, 0) is 13.0 Å². The first kappa shape index (κ1) is 17.6. The van der Waals surface area contributed by atoms with Crippen molar-refractivity contribution in [2.45, 2.75) is 19.4 Å². The Morgan fingerprint density at radius 2 is 1.89 bits per heavy atom. The number of fused-ring (bicyclic) bond motifs is 1. The highest BCUT2D eigenvalue weighted by Gasteiger charge is 2.23. The molecule has 4 rings (SSSR count). The second-order valence-corrected chi connectivity index (χ2v) is 7.04. The Bertz CT molecular complexity index is 939. The zero-order valence-electron chi connectivity index (χ0n) is 14.9. The van der Waals surface area contributed by atoms with Gasteiger partial charge in [0.1, 0.15) is 5.82 Å². The first-order chi connectivity index (χ1) is 13.2. The van der Waals surface area contributed by atoms with E-state index in [1.165, 1.54) is 5.56 Å². The van der Waals surface area contributed by atoms with Crippen LogP contribution in [0.15, 0.2) is 66.9 Å². The third-order valence-electron chi connectivity index (χ3n) is 4.75. The number of hydrogen-bond donors (Lipinski definition) is 1. The van der Waals surface area contributed by atoms with Crippen molar-refractivity contribution in [3.8, 4) is 0 Å². The second kappa shape index (κ2) is 7.80. The van der Waals surface area contributed by atoms with Crippen molar-refractivity contribution in [3.63, 3.8) is 0 Å². The largest absolute Gasteiger partial charge is 0.366 e. The molecule has 136 valence electrons. The number of halogens is 1. The summed E-state index contributed by atoms with van der Waals surface area (Å²) in [7, 11) is 0. The standard InChI is InChI=1S/C22H20ClN3O/c23-19-10-7-16(8-11-19)14-24-21-12-9-18(15-25-21)22(27)26-13-3-5-17-4-1-2-6-20(17)26/h1-2,4,6-12,15H,3,5,13-14H2,(H,24,25). The summed E-state index contributed by atoms with van der Waals surface area (Å²) < 4.78 is 0. The van der Waals surface area contributed by atoms with E-state index in [-0.39, 0.29) is 5.91 Å². The number of carbonyl (C=O) groups is 1. The molecule has 4 nitrogen and oxygen atoms in total. The predicted molar refractivity (Wildman–Crippen MR) is 109 cm³/mol. The van der Waals surface area contributed by atoms with Gasteiger partial charge in [-0.15, -0.1) is 0 Å². The van der Waals surface area contributed by atoms with Crippen molar-refractivity contribution in [1.29, 1.82) is 0 Å². The third kappa shape index (κ3) is 3.96. The molecule has 0 fully saturated rings. The fraction of sp³-hybridized carbons (Fsp3) is 0.182. The lowest BCUT2D eigenvalue weighted by atomic mass is 10.0. The molecule has 5 heteroatoms. The van der Waals surface area contributed by atoms with Crippen molar-refractivity contribution in [2.75, 3.05) is 16.8 Å². The summed E-state index contributed by atoms with van der Waals surface area (Å²) in [6.45, 7) is 1.39. The summed E-state index contributed by atoms with van der Waals surface area (Å²) >= 11 is 5.90. The van der Waals surface area contributed by atoms with E-state index in [1.807, 2.05) is 59.5 Å². The minimum absolute atomic E-state index is 0.00102. The van der Waals surface area contributed by atoms with Gasteiger partial charge in [-0.3, -0.25) is 4.79 Å². The summed E-state index contributed by atoms with van der Waals surface area (Å²) in [5, 5.41) is 3.98. The van der Waals surface area contributed by atoms with Crippen LogP contribution in [0.5, 0.6) is 0 Å². The number of aryl methyl sites for hydroxylation is 1. The molecule has 0 saturated carbocycles. The Hall–Kier alpha value is -2.85. The van der Waals surface area contributed by atoms with Gasteiger partial charge in [-0.25, -0.2) is 4.98 Å². The Balaban J connectivity index is 1.44. The number of anilines is 2. The molecule has 0 saturated heterocycles. The zero-order chi connectivity index (χ0) is 18.6. The number of hydrogen-bond acceptors (Lipinski definition) is 3. The van der Waals surface area contributed by atoms with Crippen molar-refractivity contribution in [1.82, 2.24) is 4.98 Å². The van der Waals surface area contributed by atoms with Gasteiger partial charge in [-0.2, -0.15) is 0 Å². The Morgan fingerprint density at radius 3 is 2.67 bits per heavy atom. The summed E-state index contributed by atoms with van der Waals surface area (Å²) in [5.74, 6) is 0.736. The number of aromatic nitrogens is 1. The molecule has 3 aromatic rings. The number of nitrogens with zero attached hydrogens (tertiary/aromatic N) is 2. The molecule has 0 radical (unpaired) electrons. The van der Waals surface area contributed by atoms with Gasteiger partial charge in [0.15, 0.2) is 0 Å². The van der Waals surface area contributed by atoms with Crippen LogP contribution in [0, 0.1) is 0 Å². The molecule has 0 spiro atoms. The first-order valence-electron chi connectivity index (χ1n) is 9.05. The average Bonchev–Trinajstić information content (AvgIpc) is 2.73. The molecular weight excluding hydrogens is 358 g/mol. The number of benzene rings is 2. The van der Waals surface area contributed by atoms with Gasteiger partial charge < -0.3 is 10.2 Å². The fourth-order valence-electron chi connectivity index (χ4n) is 3.32. The molecule has 1 N–H and O–H groups in total. The van der Waals surface area contributed by atoms with Crippen molar-refractivity contribution >= 4 is 29.0 Å². The van der Waals surface area contributed by atoms with Crippen LogP contribution < -0.4 is 10.2 Å². The van der Waals surface area contributed by atoms with Gasteiger partial charge in [-0.05, 0) is 54.3 Å². The number of amides is 1. The van der Waals surface area contributed by atoms with E-state index in [1.54, 1.807) is 6.20 Å². The Kier molecular flexibility index (Phi) is 5.07. The lowest BCUT2D eigenvalue weighted by Gasteiger charge is -2.29. The number of carbonyl (C=O) groups excluding carboxylic acids is 1. The molecule has 1 aliphatic heterocycles. The van der Waals surface area contributed by atoms with Gasteiger partial charge in [0.2, 0.25) is 0 Å². The van der Waals surface area contributed by atoms with E-state index in [0.29, 0.717) is 12.1 Å². The van der Waals surface area contributed by atoms with E-state index < -0.39 is 0 Å². The SMILES string of the molecule is O=C(c1ccc(NCc2ccc(Cl)cc2)nc1)N1CCCc2ccccc21. The number of nitrogens with one attached hydrogen (secondary N) is 1. The van der Waals surface area contributed by atoms with Crippen molar-refractivity contribution in [3.05, 3.63) is 88.6 Å². The van der Waals surface area contributed by atoms with E-state index in [2.05, 4.69) is 16.4 Å². The Morgan fingerprint density at radius 1 is 1.07 bits per heavy atom. The van der Waals surface area contributed by atoms with Crippen LogP contribution in [-0.4, -0.2) is 17.4 Å². The Labute approximate surface area is 163 Å². The van der Waals surface area contributed by atoms with Crippen LogP contribution >= 0.6 is 11.6 Å². The van der Waals surface area contributed by atoms with Gasteiger partial charge in [0.05, 0.1) is 5.56 Å². The topological polar surface area (TPSA) is 45.2 Å². The maximum atomic E-state index is 12.9. The predicted octanol–water partition coefficient (Wildman–Crippen LogP) is 4.94. The van der Waals surface area contributed by atoms with Crippen molar-refractivity contribution < 1.29 is 4.79 Å². The van der Waals surface area contributed by atoms with Crippen molar-refractivity contribution in [2.24, 2.45) is 0 Å². The van der Waals surface area contributed by atoms with Crippen LogP contribution in [0.1, 0.15) is 27.9 Å². The third-order valence-corrected chi connectivity index (χ3v) is 5.00. The van der Waals surface area contributed by atoms with Crippen LogP contribution in [0.2, 0.25) is 5.02 Å². The van der Waals surface area contributed by atoms with E-state index in [9.17, 15) is 4.79 Å². The van der Waals surface area contributed by atoms with Gasteiger partial charge in [-0.1, -0.05) is 41.9 Å². The number of pyridine rings is 1. The average molecular weight is 378 g/mol. The minimum atomic E-state index is -0.00102. The molecule has 0 unspecified atom stereocenters. The van der Waals surface area contributed by atoms with E-state index in [0.717, 1.165) is 41.5 Å². The molecule has 1 aliphatic rings. The maximum absolute atomic E-state index is 12.9. The molecule has 1 amide bonds. The normalized spacial score (nSPS) is 13.1. The lowest BCUT2D eigenvalue weighted by Crippen LogP contribution is -2.35. The monoisotopic (exact) mass is 377 g/mol. The number of para-hydroxylation sites is 1. The van der Waals surface area contributed by atoms with Crippen LogP contribution in [0.3, 0.4) is 0 Å². The zero-order valence-corrected chi connectivity index (χ0v) is 15.6. The van der Waals surface area contributed by atoms with E-state index >= 15 is 0 Å². The van der Waals surface area contributed by atoms with Gasteiger partial charge in [0.25, 0.3) is 5.91 Å². The molecule has 0 aliphatic carbocycles. The van der Waals surface area contributed by atoms with Crippen LogP contribution in [0.4, 0.5) is 11.5 Å². The molecule has 0 bridgehead atoms. The minimum Gasteiger partial charge on any atom is -0.366 e. The highest BCUT2D eigenvalue weighted by atomic mass is 35.5. The quantitative estimate of drug-likeness (QED) is 0.700. The van der Waals surface area contributed by atoms with Gasteiger partial charge >= 0.3 is 0 Å². The second-order valence-electron chi connectivity index (χ2n) is 6.60. The first-order valence-corrected chi connectivity index (χ1v) is 9.43. The summed E-state index contributed by atoms with van der Waals surface area (Å²) in [6, 6.07) is 19.5. The smallest absolute Gasteiger partial charge is 0.259 e.